The van der Waals surface area contributed by atoms with Crippen LogP contribution in [0.2, 0.25) is 0 Å². The van der Waals surface area contributed by atoms with Gasteiger partial charge < -0.3 is 15.0 Å². The zero-order valence-corrected chi connectivity index (χ0v) is 18.5. The predicted octanol–water partition coefficient (Wildman–Crippen LogP) is 3.96. The van der Waals surface area contributed by atoms with E-state index < -0.39 is 0 Å². The van der Waals surface area contributed by atoms with Gasteiger partial charge in [-0.15, -0.1) is 0 Å². The molecule has 1 amide bonds. The summed E-state index contributed by atoms with van der Waals surface area (Å²) in [6.07, 6.45) is 1.87. The van der Waals surface area contributed by atoms with E-state index in [1.54, 1.807) is 7.11 Å². The van der Waals surface area contributed by atoms with Crippen LogP contribution in [0.3, 0.4) is 0 Å². The number of hydrogen-bond acceptors (Lipinski definition) is 4. The molecule has 162 valence electrons. The van der Waals surface area contributed by atoms with E-state index >= 15 is 0 Å². The van der Waals surface area contributed by atoms with Crippen LogP contribution in [0.4, 0.5) is 5.69 Å². The fraction of sp³-hybridized carbons (Fsp3) is 0.360. The van der Waals surface area contributed by atoms with E-state index in [-0.39, 0.29) is 11.9 Å². The third-order valence-electron chi connectivity index (χ3n) is 5.89. The Morgan fingerprint density at radius 2 is 1.84 bits per heavy atom. The normalized spacial score (nSPS) is 14.5. The topological polar surface area (TPSA) is 59.4 Å². The van der Waals surface area contributed by atoms with Crippen LogP contribution >= 0.6 is 0 Å². The molecule has 6 nitrogen and oxygen atoms in total. The molecule has 0 saturated carbocycles. The largest absolute Gasteiger partial charge is 0.497 e. The third-order valence-corrected chi connectivity index (χ3v) is 5.89. The Morgan fingerprint density at radius 3 is 2.48 bits per heavy atom. The van der Waals surface area contributed by atoms with Crippen molar-refractivity contribution >= 4 is 11.6 Å². The average Bonchev–Trinajstić information content (AvgIpc) is 3.11. The molecule has 4 rings (SSSR count). The number of ether oxygens (including phenoxy) is 1. The summed E-state index contributed by atoms with van der Waals surface area (Å²) in [5.41, 5.74) is 5.11. The van der Waals surface area contributed by atoms with Crippen LogP contribution in [0.15, 0.2) is 54.6 Å². The van der Waals surface area contributed by atoms with Crippen molar-refractivity contribution in [3.8, 4) is 5.75 Å². The van der Waals surface area contributed by atoms with Gasteiger partial charge in [-0.3, -0.25) is 9.48 Å². The van der Waals surface area contributed by atoms with Crippen LogP contribution in [-0.4, -0.2) is 41.9 Å². The summed E-state index contributed by atoms with van der Waals surface area (Å²) in [5, 5.41) is 7.74. The SMILES string of the molecule is COc1ccc(N2CCC(NC(=O)c3cccc(Cn4nc(C)cc4C)c3)CC2)cc1. The Hall–Kier alpha value is -3.28. The summed E-state index contributed by atoms with van der Waals surface area (Å²) >= 11 is 0. The fourth-order valence-electron chi connectivity index (χ4n) is 4.16. The first-order chi connectivity index (χ1) is 15.0. The lowest BCUT2D eigenvalue weighted by Crippen LogP contribution is -2.44. The van der Waals surface area contributed by atoms with Crippen molar-refractivity contribution in [3.05, 3.63) is 77.1 Å². The first-order valence-electron chi connectivity index (χ1n) is 10.8. The highest BCUT2D eigenvalue weighted by molar-refractivity contribution is 5.94. The molecule has 0 unspecified atom stereocenters. The molecule has 1 saturated heterocycles. The number of piperidine rings is 1. The Morgan fingerprint density at radius 1 is 1.10 bits per heavy atom. The first-order valence-corrected chi connectivity index (χ1v) is 10.8. The molecule has 0 atom stereocenters. The molecule has 1 fully saturated rings. The highest BCUT2D eigenvalue weighted by Gasteiger charge is 2.21. The van der Waals surface area contributed by atoms with Crippen LogP contribution in [0, 0.1) is 13.8 Å². The summed E-state index contributed by atoms with van der Waals surface area (Å²) < 4.78 is 7.21. The summed E-state index contributed by atoms with van der Waals surface area (Å²) in [6, 6.07) is 18.3. The van der Waals surface area contributed by atoms with Gasteiger partial charge in [0, 0.05) is 36.1 Å². The first kappa shape index (κ1) is 21.0. The summed E-state index contributed by atoms with van der Waals surface area (Å²) in [6.45, 7) is 6.56. The zero-order chi connectivity index (χ0) is 21.8. The van der Waals surface area contributed by atoms with E-state index in [0.717, 1.165) is 48.6 Å². The van der Waals surface area contributed by atoms with Crippen molar-refractivity contribution in [2.24, 2.45) is 0 Å². The van der Waals surface area contributed by atoms with Gasteiger partial charge in [-0.05, 0) is 74.7 Å². The van der Waals surface area contributed by atoms with Crippen molar-refractivity contribution in [2.75, 3.05) is 25.1 Å². The van der Waals surface area contributed by atoms with Crippen LogP contribution in [0.5, 0.6) is 5.75 Å². The minimum Gasteiger partial charge on any atom is -0.497 e. The van der Waals surface area contributed by atoms with Crippen molar-refractivity contribution in [3.63, 3.8) is 0 Å². The second-order valence-corrected chi connectivity index (χ2v) is 8.22. The molecular formula is C25H30N4O2. The van der Waals surface area contributed by atoms with Gasteiger partial charge in [0.25, 0.3) is 5.91 Å². The predicted molar refractivity (Wildman–Crippen MR) is 123 cm³/mol. The van der Waals surface area contributed by atoms with Crippen LogP contribution in [-0.2, 0) is 6.54 Å². The maximum Gasteiger partial charge on any atom is 0.251 e. The maximum atomic E-state index is 12.8. The molecule has 0 aliphatic carbocycles. The second-order valence-electron chi connectivity index (χ2n) is 8.22. The van der Waals surface area contributed by atoms with Crippen LogP contribution < -0.4 is 15.0 Å². The fourth-order valence-corrected chi connectivity index (χ4v) is 4.16. The van der Waals surface area contributed by atoms with Crippen molar-refractivity contribution in [1.29, 1.82) is 0 Å². The number of aromatic nitrogens is 2. The summed E-state index contributed by atoms with van der Waals surface area (Å²) in [4.78, 5) is 15.2. The van der Waals surface area contributed by atoms with Gasteiger partial charge in [-0.2, -0.15) is 5.10 Å². The lowest BCUT2D eigenvalue weighted by Gasteiger charge is -2.34. The van der Waals surface area contributed by atoms with E-state index in [4.69, 9.17) is 4.74 Å². The second kappa shape index (κ2) is 9.25. The number of methoxy groups -OCH3 is 1. The number of amides is 1. The molecule has 1 aliphatic rings. The molecule has 1 aliphatic heterocycles. The number of rotatable bonds is 6. The molecule has 2 aromatic carbocycles. The van der Waals surface area contributed by atoms with Gasteiger partial charge in [0.05, 0.1) is 19.3 Å². The van der Waals surface area contributed by atoms with Gasteiger partial charge in [0.2, 0.25) is 0 Å². The number of nitrogens with one attached hydrogen (secondary N) is 1. The Bertz CT molecular complexity index is 1030. The van der Waals surface area contributed by atoms with E-state index in [0.29, 0.717) is 12.1 Å². The van der Waals surface area contributed by atoms with Crippen LogP contribution in [0.1, 0.15) is 40.2 Å². The molecule has 0 radical (unpaired) electrons. The minimum atomic E-state index is -0.00175. The van der Waals surface area contributed by atoms with E-state index in [1.165, 1.54) is 5.69 Å². The molecular weight excluding hydrogens is 388 g/mol. The zero-order valence-electron chi connectivity index (χ0n) is 18.5. The average molecular weight is 419 g/mol. The quantitative estimate of drug-likeness (QED) is 0.658. The van der Waals surface area contributed by atoms with Crippen molar-refractivity contribution in [2.45, 2.75) is 39.3 Å². The smallest absolute Gasteiger partial charge is 0.251 e. The molecule has 2 heterocycles. The number of hydrogen-bond donors (Lipinski definition) is 1. The van der Waals surface area contributed by atoms with Gasteiger partial charge in [-0.25, -0.2) is 0 Å². The van der Waals surface area contributed by atoms with Gasteiger partial charge in [-0.1, -0.05) is 12.1 Å². The molecule has 1 aromatic heterocycles. The summed E-state index contributed by atoms with van der Waals surface area (Å²) in [7, 11) is 1.68. The van der Waals surface area contributed by atoms with E-state index in [2.05, 4.69) is 40.4 Å². The molecule has 3 aromatic rings. The van der Waals surface area contributed by atoms with Crippen molar-refractivity contribution < 1.29 is 9.53 Å². The Labute approximate surface area is 183 Å². The third kappa shape index (κ3) is 5.08. The van der Waals surface area contributed by atoms with E-state index in [1.807, 2.05) is 48.0 Å². The molecule has 6 heteroatoms. The van der Waals surface area contributed by atoms with E-state index in [9.17, 15) is 4.79 Å². The van der Waals surface area contributed by atoms with Crippen molar-refractivity contribution in [1.82, 2.24) is 15.1 Å². The number of carbonyl (C=O) groups is 1. The molecule has 1 N–H and O–H groups in total. The summed E-state index contributed by atoms with van der Waals surface area (Å²) in [5.74, 6) is 0.865. The number of nitrogens with zero attached hydrogens (tertiary/aromatic N) is 3. The minimum absolute atomic E-state index is 0.00175. The lowest BCUT2D eigenvalue weighted by molar-refractivity contribution is 0.0931. The molecule has 31 heavy (non-hydrogen) atoms. The standard InChI is InChI=1S/C25H30N4O2/c1-18-15-19(2)29(27-18)17-20-5-4-6-21(16-20)25(30)26-22-11-13-28(14-12-22)23-7-9-24(31-3)10-8-23/h4-10,15-16,22H,11-14,17H2,1-3H3,(H,26,30). The number of anilines is 1. The number of aryl methyl sites for hydroxylation is 2. The number of carbonyl (C=O) groups excluding carboxylic acids is 1. The lowest BCUT2D eigenvalue weighted by atomic mass is 10.0. The van der Waals surface area contributed by atoms with Gasteiger partial charge in [0.15, 0.2) is 0 Å². The Balaban J connectivity index is 1.33. The molecule has 0 bridgehead atoms. The van der Waals surface area contributed by atoms with Crippen LogP contribution in [0.25, 0.3) is 0 Å². The highest BCUT2D eigenvalue weighted by atomic mass is 16.5. The number of benzene rings is 2. The van der Waals surface area contributed by atoms with Gasteiger partial charge in [0.1, 0.15) is 5.75 Å². The monoisotopic (exact) mass is 418 g/mol. The highest BCUT2D eigenvalue weighted by Crippen LogP contribution is 2.23. The molecule has 0 spiro atoms. The van der Waals surface area contributed by atoms with Gasteiger partial charge >= 0.3 is 0 Å². The maximum absolute atomic E-state index is 12.8. The Kier molecular flexibility index (Phi) is 6.26.